The Labute approximate surface area is 85.7 Å². The first-order valence-electron chi connectivity index (χ1n) is 4.76. The van der Waals surface area contributed by atoms with E-state index in [0.29, 0.717) is 0 Å². The number of imidazole rings is 1. The molecule has 1 aromatic heterocycles. The summed E-state index contributed by atoms with van der Waals surface area (Å²) < 4.78 is 1.92. The molecule has 1 aromatic rings. The molecule has 1 heterocycles. The topological polar surface area (TPSA) is 47.1 Å². The Kier molecular flexibility index (Phi) is 2.97. The molecule has 14 heavy (non-hydrogen) atoms. The van der Waals surface area contributed by atoms with Crippen molar-refractivity contribution < 1.29 is 0 Å². The first-order valence-corrected chi connectivity index (χ1v) is 4.76. The summed E-state index contributed by atoms with van der Waals surface area (Å²) in [4.78, 5) is 6.39. The van der Waals surface area contributed by atoms with Gasteiger partial charge < -0.3 is 15.2 Å². The van der Waals surface area contributed by atoms with Gasteiger partial charge >= 0.3 is 0 Å². The van der Waals surface area contributed by atoms with Crippen LogP contribution >= 0.6 is 0 Å². The van der Waals surface area contributed by atoms with Crippen LogP contribution in [0.5, 0.6) is 0 Å². The van der Waals surface area contributed by atoms with Gasteiger partial charge in [-0.3, -0.25) is 0 Å². The van der Waals surface area contributed by atoms with Crippen LogP contribution in [0.3, 0.4) is 0 Å². The molecule has 1 atom stereocenters. The van der Waals surface area contributed by atoms with Crippen LogP contribution in [0.25, 0.3) is 0 Å². The lowest BCUT2D eigenvalue weighted by molar-refractivity contribution is 0.157. The van der Waals surface area contributed by atoms with Gasteiger partial charge in [-0.1, -0.05) is 0 Å². The quantitative estimate of drug-likeness (QED) is 0.776. The highest BCUT2D eigenvalue weighted by atomic mass is 15.2. The average molecular weight is 196 g/mol. The number of hydrogen-bond acceptors (Lipinski definition) is 3. The molecule has 0 aromatic carbocycles. The Balaban J connectivity index is 2.89. The van der Waals surface area contributed by atoms with Crippen molar-refractivity contribution in [2.24, 2.45) is 12.8 Å². The van der Waals surface area contributed by atoms with Crippen LogP contribution < -0.4 is 5.73 Å². The fourth-order valence-corrected chi connectivity index (χ4v) is 1.23. The molecule has 0 aliphatic carbocycles. The van der Waals surface area contributed by atoms with Crippen molar-refractivity contribution in [3.8, 4) is 0 Å². The zero-order valence-corrected chi connectivity index (χ0v) is 9.65. The van der Waals surface area contributed by atoms with E-state index in [1.54, 1.807) is 6.33 Å². The van der Waals surface area contributed by atoms with Crippen molar-refractivity contribution in [1.29, 1.82) is 0 Å². The van der Waals surface area contributed by atoms with Crippen molar-refractivity contribution >= 4 is 0 Å². The van der Waals surface area contributed by atoms with Crippen LogP contribution in [0, 0.1) is 0 Å². The van der Waals surface area contributed by atoms with Gasteiger partial charge in [0.2, 0.25) is 0 Å². The molecule has 4 nitrogen and oxygen atoms in total. The van der Waals surface area contributed by atoms with E-state index in [-0.39, 0.29) is 11.6 Å². The first kappa shape index (κ1) is 11.2. The van der Waals surface area contributed by atoms with Gasteiger partial charge in [-0.05, 0) is 27.9 Å². The number of nitrogens with zero attached hydrogens (tertiary/aromatic N) is 3. The highest BCUT2D eigenvalue weighted by Gasteiger charge is 2.31. The van der Waals surface area contributed by atoms with E-state index in [2.05, 4.69) is 23.7 Å². The maximum absolute atomic E-state index is 6.17. The number of likely N-dealkylation sites (N-methyl/N-ethyl adjacent to an activating group) is 1. The number of aromatic nitrogens is 2. The van der Waals surface area contributed by atoms with Gasteiger partial charge in [0.05, 0.1) is 18.1 Å². The molecule has 0 aliphatic heterocycles. The van der Waals surface area contributed by atoms with Crippen molar-refractivity contribution in [1.82, 2.24) is 14.5 Å². The lowest BCUT2D eigenvalue weighted by atomic mass is 9.92. The van der Waals surface area contributed by atoms with Gasteiger partial charge in [0.15, 0.2) is 0 Å². The molecular formula is C10H20N4. The molecule has 0 amide bonds. The van der Waals surface area contributed by atoms with E-state index < -0.39 is 0 Å². The van der Waals surface area contributed by atoms with Crippen LogP contribution in [0.1, 0.15) is 25.6 Å². The number of rotatable bonds is 3. The van der Waals surface area contributed by atoms with Crippen molar-refractivity contribution in [2.75, 3.05) is 14.1 Å². The van der Waals surface area contributed by atoms with Gasteiger partial charge in [0.1, 0.15) is 0 Å². The third-order valence-corrected chi connectivity index (χ3v) is 2.96. The Morgan fingerprint density at radius 3 is 2.43 bits per heavy atom. The SMILES string of the molecule is CN(C)C(C)(C)C(N)c1cn(C)cn1. The molecule has 0 saturated heterocycles. The Hall–Kier alpha value is -0.870. The minimum Gasteiger partial charge on any atom is -0.340 e. The summed E-state index contributed by atoms with van der Waals surface area (Å²) in [5.41, 5.74) is 7.02. The maximum Gasteiger partial charge on any atom is 0.0947 e. The second-order valence-corrected chi connectivity index (χ2v) is 4.49. The highest BCUT2D eigenvalue weighted by molar-refractivity contribution is 5.09. The Morgan fingerprint density at radius 2 is 2.07 bits per heavy atom. The number of aryl methyl sites for hydroxylation is 1. The van der Waals surface area contributed by atoms with E-state index in [1.165, 1.54) is 0 Å². The minimum absolute atomic E-state index is 0.0706. The molecule has 0 saturated carbocycles. The summed E-state index contributed by atoms with van der Waals surface area (Å²) in [6.45, 7) is 4.23. The van der Waals surface area contributed by atoms with E-state index in [4.69, 9.17) is 5.73 Å². The lowest BCUT2D eigenvalue weighted by Crippen LogP contribution is -2.47. The third kappa shape index (κ3) is 1.96. The summed E-state index contributed by atoms with van der Waals surface area (Å²) in [5.74, 6) is 0. The van der Waals surface area contributed by atoms with E-state index in [1.807, 2.05) is 31.9 Å². The van der Waals surface area contributed by atoms with Gasteiger partial charge in [0.25, 0.3) is 0 Å². The molecule has 80 valence electrons. The predicted octanol–water partition coefficient (Wildman–Crippen LogP) is 0.760. The molecular weight excluding hydrogens is 176 g/mol. The molecule has 0 spiro atoms. The van der Waals surface area contributed by atoms with Crippen molar-refractivity contribution in [2.45, 2.75) is 25.4 Å². The van der Waals surface area contributed by atoms with Crippen molar-refractivity contribution in [3.63, 3.8) is 0 Å². The lowest BCUT2D eigenvalue weighted by Gasteiger charge is -2.37. The Morgan fingerprint density at radius 1 is 1.50 bits per heavy atom. The zero-order valence-electron chi connectivity index (χ0n) is 9.65. The fraction of sp³-hybridized carbons (Fsp3) is 0.700. The van der Waals surface area contributed by atoms with Crippen LogP contribution in [-0.2, 0) is 7.05 Å². The third-order valence-electron chi connectivity index (χ3n) is 2.96. The molecule has 0 fully saturated rings. The van der Waals surface area contributed by atoms with Gasteiger partial charge in [-0.25, -0.2) is 4.98 Å². The standard InChI is InChI=1S/C10H20N4/c1-10(2,13(3)4)9(11)8-6-14(5)7-12-8/h6-7,9H,11H2,1-5H3. The predicted molar refractivity (Wildman–Crippen MR) is 57.9 cm³/mol. The maximum atomic E-state index is 6.17. The van der Waals surface area contributed by atoms with Gasteiger partial charge in [-0.2, -0.15) is 0 Å². The molecule has 0 radical (unpaired) electrons. The summed E-state index contributed by atoms with van der Waals surface area (Å²) in [6.07, 6.45) is 3.75. The van der Waals surface area contributed by atoms with E-state index in [0.717, 1.165) is 5.69 Å². The van der Waals surface area contributed by atoms with Gasteiger partial charge in [-0.15, -0.1) is 0 Å². The average Bonchev–Trinajstić information content (AvgIpc) is 2.50. The molecule has 0 aliphatic rings. The normalized spacial score (nSPS) is 14.8. The second-order valence-electron chi connectivity index (χ2n) is 4.49. The molecule has 1 rings (SSSR count). The van der Waals surface area contributed by atoms with E-state index in [9.17, 15) is 0 Å². The Bertz CT molecular complexity index is 301. The summed E-state index contributed by atoms with van der Waals surface area (Å²) in [7, 11) is 6.01. The highest BCUT2D eigenvalue weighted by Crippen LogP contribution is 2.25. The first-order chi connectivity index (χ1) is 6.35. The molecule has 0 bridgehead atoms. The molecule has 4 heteroatoms. The fourth-order valence-electron chi connectivity index (χ4n) is 1.23. The largest absolute Gasteiger partial charge is 0.340 e. The van der Waals surface area contributed by atoms with Crippen LogP contribution in [0.2, 0.25) is 0 Å². The van der Waals surface area contributed by atoms with Crippen LogP contribution in [0.4, 0.5) is 0 Å². The molecule has 2 N–H and O–H groups in total. The smallest absolute Gasteiger partial charge is 0.0947 e. The summed E-state index contributed by atoms with van der Waals surface area (Å²) >= 11 is 0. The minimum atomic E-state index is -0.0889. The van der Waals surface area contributed by atoms with Crippen LogP contribution in [-0.4, -0.2) is 34.1 Å². The summed E-state index contributed by atoms with van der Waals surface area (Å²) in [5, 5.41) is 0. The zero-order chi connectivity index (χ0) is 10.9. The van der Waals surface area contributed by atoms with Crippen LogP contribution in [0.15, 0.2) is 12.5 Å². The van der Waals surface area contributed by atoms with Gasteiger partial charge in [0, 0.05) is 18.8 Å². The number of hydrogen-bond donors (Lipinski definition) is 1. The second kappa shape index (κ2) is 3.71. The van der Waals surface area contributed by atoms with Crippen molar-refractivity contribution in [3.05, 3.63) is 18.2 Å². The number of nitrogens with two attached hydrogens (primary N) is 1. The summed E-state index contributed by atoms with van der Waals surface area (Å²) in [6, 6.07) is -0.0706. The molecule has 1 unspecified atom stereocenters. The monoisotopic (exact) mass is 196 g/mol. The van der Waals surface area contributed by atoms with E-state index >= 15 is 0 Å².